The molecule has 1 heterocycles. The van der Waals surface area contributed by atoms with E-state index in [1.807, 2.05) is 6.08 Å². The maximum Gasteiger partial charge on any atom is -0.00489 e. The normalized spacial score (nSPS) is 15.3. The van der Waals surface area contributed by atoms with Crippen molar-refractivity contribution in [2.75, 3.05) is 13.1 Å². The molecule has 1 fully saturated rings. The molecule has 15 heavy (non-hydrogen) atoms. The number of hydrogen-bond acceptors (Lipinski definition) is 1. The molecule has 0 aromatic heterocycles. The summed E-state index contributed by atoms with van der Waals surface area (Å²) in [5, 5.41) is 3.28. The molecule has 0 saturated carbocycles. The molecule has 1 nitrogen and oxygen atoms in total. The van der Waals surface area contributed by atoms with Crippen LogP contribution in [0, 0.1) is 0 Å². The average molecular weight is 211 g/mol. The zero-order valence-corrected chi connectivity index (χ0v) is 10.6. The number of nitrogens with one attached hydrogen (secondary N) is 1. The maximum absolute atomic E-state index is 3.68. The van der Waals surface area contributed by atoms with E-state index in [2.05, 4.69) is 18.8 Å². The van der Waals surface area contributed by atoms with E-state index in [0.717, 1.165) is 0 Å². The SMILES string of the molecule is C1CCNCC1.C=CCCCCCCC. The zero-order valence-electron chi connectivity index (χ0n) is 10.6. The molecule has 0 spiro atoms. The summed E-state index contributed by atoms with van der Waals surface area (Å²) in [4.78, 5) is 0. The first kappa shape index (κ1) is 14.7. The lowest BCUT2D eigenvalue weighted by molar-refractivity contribution is 0.520. The van der Waals surface area contributed by atoms with Gasteiger partial charge < -0.3 is 5.32 Å². The van der Waals surface area contributed by atoms with Crippen molar-refractivity contribution in [1.29, 1.82) is 0 Å². The molecular formula is C14H29N. The Morgan fingerprint density at radius 2 is 1.67 bits per heavy atom. The highest BCUT2D eigenvalue weighted by molar-refractivity contribution is 4.65. The van der Waals surface area contributed by atoms with Gasteiger partial charge in [0.1, 0.15) is 0 Å². The Balaban J connectivity index is 0.000000280. The third kappa shape index (κ3) is 13.7. The van der Waals surface area contributed by atoms with Crippen LogP contribution in [0.15, 0.2) is 12.7 Å². The predicted octanol–water partition coefficient (Wildman–Crippen LogP) is 4.29. The van der Waals surface area contributed by atoms with Crippen molar-refractivity contribution >= 4 is 0 Å². The molecule has 0 bridgehead atoms. The molecule has 1 aliphatic heterocycles. The highest BCUT2D eigenvalue weighted by atomic mass is 14.9. The van der Waals surface area contributed by atoms with Crippen LogP contribution in [-0.4, -0.2) is 13.1 Å². The number of rotatable bonds is 6. The lowest BCUT2D eigenvalue weighted by Gasteiger charge is -2.08. The minimum atomic E-state index is 1.20. The number of allylic oxidation sites excluding steroid dienone is 1. The van der Waals surface area contributed by atoms with Crippen LogP contribution >= 0.6 is 0 Å². The molecule has 0 radical (unpaired) electrons. The lowest BCUT2D eigenvalue weighted by Crippen LogP contribution is -2.21. The first-order valence-corrected chi connectivity index (χ1v) is 6.73. The first-order chi connectivity index (χ1) is 7.41. The van der Waals surface area contributed by atoms with Crippen molar-refractivity contribution in [1.82, 2.24) is 5.32 Å². The van der Waals surface area contributed by atoms with Crippen LogP contribution < -0.4 is 5.32 Å². The second kappa shape index (κ2) is 13.7. The summed E-state index contributed by atoms with van der Waals surface area (Å²) < 4.78 is 0. The second-order valence-electron chi connectivity index (χ2n) is 4.30. The fourth-order valence-electron chi connectivity index (χ4n) is 1.69. The smallest absolute Gasteiger partial charge is 0.00489 e. The monoisotopic (exact) mass is 211 g/mol. The lowest BCUT2D eigenvalue weighted by atomic mass is 10.1. The fraction of sp³-hybridized carbons (Fsp3) is 0.857. The minimum absolute atomic E-state index is 1.20. The van der Waals surface area contributed by atoms with Crippen LogP contribution in [0.1, 0.15) is 64.7 Å². The van der Waals surface area contributed by atoms with Gasteiger partial charge in [-0.15, -0.1) is 6.58 Å². The largest absolute Gasteiger partial charge is 0.317 e. The molecule has 1 saturated heterocycles. The van der Waals surface area contributed by atoms with E-state index in [4.69, 9.17) is 0 Å². The molecule has 0 aliphatic carbocycles. The summed E-state index contributed by atoms with van der Waals surface area (Å²) >= 11 is 0. The van der Waals surface area contributed by atoms with E-state index in [9.17, 15) is 0 Å². The van der Waals surface area contributed by atoms with Crippen LogP contribution in [0.25, 0.3) is 0 Å². The average Bonchev–Trinajstić information content (AvgIpc) is 2.32. The van der Waals surface area contributed by atoms with Crippen LogP contribution in [0.3, 0.4) is 0 Å². The third-order valence-corrected chi connectivity index (χ3v) is 2.72. The Morgan fingerprint density at radius 3 is 2.07 bits per heavy atom. The first-order valence-electron chi connectivity index (χ1n) is 6.73. The molecule has 0 aromatic rings. The third-order valence-electron chi connectivity index (χ3n) is 2.72. The highest BCUT2D eigenvalue weighted by Gasteiger charge is 1.93. The van der Waals surface area contributed by atoms with Crippen molar-refractivity contribution in [3.63, 3.8) is 0 Å². The fourth-order valence-corrected chi connectivity index (χ4v) is 1.69. The Bertz CT molecular complexity index is 105. The summed E-state index contributed by atoms with van der Waals surface area (Å²) in [5.41, 5.74) is 0. The van der Waals surface area contributed by atoms with Crippen molar-refractivity contribution in [3.05, 3.63) is 12.7 Å². The van der Waals surface area contributed by atoms with Gasteiger partial charge in [-0.1, -0.05) is 45.1 Å². The van der Waals surface area contributed by atoms with Gasteiger partial charge >= 0.3 is 0 Å². The van der Waals surface area contributed by atoms with Crippen molar-refractivity contribution in [2.45, 2.75) is 64.7 Å². The van der Waals surface area contributed by atoms with Crippen LogP contribution in [0.2, 0.25) is 0 Å². The number of hydrogen-bond donors (Lipinski definition) is 1. The number of piperidine rings is 1. The zero-order chi connectivity index (χ0) is 11.2. The molecule has 0 unspecified atom stereocenters. The Morgan fingerprint density at radius 1 is 1.00 bits per heavy atom. The van der Waals surface area contributed by atoms with Crippen LogP contribution in [0.5, 0.6) is 0 Å². The van der Waals surface area contributed by atoms with Gasteiger partial charge in [-0.2, -0.15) is 0 Å². The summed E-state index contributed by atoms with van der Waals surface area (Å²) in [6, 6.07) is 0. The van der Waals surface area contributed by atoms with Gasteiger partial charge in [-0.05, 0) is 38.8 Å². The van der Waals surface area contributed by atoms with Crippen LogP contribution in [0.4, 0.5) is 0 Å². The van der Waals surface area contributed by atoms with E-state index >= 15 is 0 Å². The molecular weight excluding hydrogens is 182 g/mol. The summed E-state index contributed by atoms with van der Waals surface area (Å²) in [7, 11) is 0. The van der Waals surface area contributed by atoms with Gasteiger partial charge in [-0.3, -0.25) is 0 Å². The van der Waals surface area contributed by atoms with Crippen LogP contribution in [-0.2, 0) is 0 Å². The molecule has 0 amide bonds. The van der Waals surface area contributed by atoms with E-state index in [0.29, 0.717) is 0 Å². The molecule has 0 atom stereocenters. The van der Waals surface area contributed by atoms with Gasteiger partial charge in [0.25, 0.3) is 0 Å². The molecule has 1 heteroatoms. The van der Waals surface area contributed by atoms with Gasteiger partial charge in [0.05, 0.1) is 0 Å². The highest BCUT2D eigenvalue weighted by Crippen LogP contribution is 2.04. The Labute approximate surface area is 96.3 Å². The summed E-state index contributed by atoms with van der Waals surface area (Å²) in [6.45, 7) is 8.42. The van der Waals surface area contributed by atoms with Crippen molar-refractivity contribution in [3.8, 4) is 0 Å². The van der Waals surface area contributed by atoms with E-state index in [1.54, 1.807) is 0 Å². The standard InChI is InChI=1S/C9H18.C5H11N/c1-3-5-7-9-8-6-4-2;1-2-4-6-5-3-1/h3H,1,4-9H2,2H3;6H,1-5H2. The number of unbranched alkanes of at least 4 members (excludes halogenated alkanes) is 5. The van der Waals surface area contributed by atoms with Gasteiger partial charge in [-0.25, -0.2) is 0 Å². The Hall–Kier alpha value is -0.300. The predicted molar refractivity (Wildman–Crippen MR) is 70.3 cm³/mol. The maximum atomic E-state index is 3.68. The van der Waals surface area contributed by atoms with Gasteiger partial charge in [0.2, 0.25) is 0 Å². The van der Waals surface area contributed by atoms with Gasteiger partial charge in [0.15, 0.2) is 0 Å². The van der Waals surface area contributed by atoms with Gasteiger partial charge in [0, 0.05) is 0 Å². The quantitative estimate of drug-likeness (QED) is 0.510. The molecule has 1 aliphatic rings. The minimum Gasteiger partial charge on any atom is -0.317 e. The molecule has 1 rings (SSSR count). The van der Waals surface area contributed by atoms with E-state index < -0.39 is 0 Å². The van der Waals surface area contributed by atoms with E-state index in [1.165, 1.54) is 70.9 Å². The Kier molecular flexibility index (Phi) is 13.4. The topological polar surface area (TPSA) is 12.0 Å². The molecule has 0 aromatic carbocycles. The summed E-state index contributed by atoms with van der Waals surface area (Å²) in [5.74, 6) is 0. The molecule has 90 valence electrons. The molecule has 1 N–H and O–H groups in total. The van der Waals surface area contributed by atoms with Crippen molar-refractivity contribution in [2.24, 2.45) is 0 Å². The van der Waals surface area contributed by atoms with Crippen molar-refractivity contribution < 1.29 is 0 Å². The second-order valence-corrected chi connectivity index (χ2v) is 4.30. The van der Waals surface area contributed by atoms with E-state index in [-0.39, 0.29) is 0 Å². The summed E-state index contributed by atoms with van der Waals surface area (Å²) in [6.07, 6.45) is 14.3.